The first-order chi connectivity index (χ1) is 37.0. The molecule has 0 aromatic heterocycles. The van der Waals surface area contributed by atoms with Crippen LogP contribution < -0.4 is 16.4 Å². The summed E-state index contributed by atoms with van der Waals surface area (Å²) in [6, 6.07) is 12.8. The van der Waals surface area contributed by atoms with Gasteiger partial charge in [-0.15, -0.1) is 0 Å². The quantitative estimate of drug-likeness (QED) is 0.0419. The number of rotatable bonds is 42. The summed E-state index contributed by atoms with van der Waals surface area (Å²) in [7, 11) is -2.06. The Balaban J connectivity index is 0.959. The lowest BCUT2D eigenvalue weighted by atomic mass is 10.0. The predicted molar refractivity (Wildman–Crippen MR) is 290 cm³/mol. The van der Waals surface area contributed by atoms with Crippen molar-refractivity contribution in [3.63, 3.8) is 0 Å². The zero-order valence-corrected chi connectivity index (χ0v) is 45.9. The minimum absolute atomic E-state index is 0.0141. The van der Waals surface area contributed by atoms with Crippen molar-refractivity contribution in [2.75, 3.05) is 172 Å². The third kappa shape index (κ3) is 25.7. The molecule has 0 unspecified atom stereocenters. The van der Waals surface area contributed by atoms with Gasteiger partial charge in [0, 0.05) is 63.4 Å². The van der Waals surface area contributed by atoms with E-state index in [0.29, 0.717) is 194 Å². The normalized spacial score (nSPS) is 14.5. The summed E-state index contributed by atoms with van der Waals surface area (Å²) in [5, 5.41) is 15.2. The van der Waals surface area contributed by atoms with Crippen LogP contribution in [-0.2, 0) is 67.0 Å². The summed E-state index contributed by atoms with van der Waals surface area (Å²) in [6.07, 6.45) is 5.09. The van der Waals surface area contributed by atoms with Crippen LogP contribution in [0.2, 0.25) is 0 Å². The second-order valence-corrected chi connectivity index (χ2v) is 19.6. The maximum atomic E-state index is 13.9. The SMILES string of the molecule is CCCN(CCC)C(=O)C1=Cc2ccc(-c3cccc(S(=O)(=O)N4CCC(NC(=NC)NCCOCCOCCOCCOCCOCCOCCOCCOCCOCCOCCC(=O)O)CC4)c3)cc2N=C(N)C1. The first kappa shape index (κ1) is 63.9. The summed E-state index contributed by atoms with van der Waals surface area (Å²) >= 11 is 0. The highest BCUT2D eigenvalue weighted by molar-refractivity contribution is 7.89. The molecular formula is C53H85N7O15S. The fourth-order valence-corrected chi connectivity index (χ4v) is 9.38. The Morgan fingerprint density at radius 2 is 1.17 bits per heavy atom. The van der Waals surface area contributed by atoms with Crippen molar-refractivity contribution in [3.8, 4) is 11.1 Å². The van der Waals surface area contributed by atoms with Crippen LogP contribution in [0.5, 0.6) is 0 Å². The van der Waals surface area contributed by atoms with Crippen molar-refractivity contribution < 1.29 is 70.5 Å². The van der Waals surface area contributed by atoms with Gasteiger partial charge in [0.2, 0.25) is 15.9 Å². The van der Waals surface area contributed by atoms with Crippen molar-refractivity contribution in [1.82, 2.24) is 19.8 Å². The molecule has 0 saturated carbocycles. The number of nitrogens with one attached hydrogen (secondary N) is 2. The van der Waals surface area contributed by atoms with E-state index >= 15 is 0 Å². The Morgan fingerprint density at radius 3 is 1.64 bits per heavy atom. The molecule has 0 spiro atoms. The Morgan fingerprint density at radius 1 is 0.697 bits per heavy atom. The van der Waals surface area contributed by atoms with E-state index in [4.69, 9.17) is 58.2 Å². The first-order valence-electron chi connectivity index (χ1n) is 26.6. The zero-order chi connectivity index (χ0) is 54.5. The van der Waals surface area contributed by atoms with Gasteiger partial charge in [0.05, 0.1) is 149 Å². The third-order valence-corrected chi connectivity index (χ3v) is 13.6. The number of carbonyl (C=O) groups is 2. The van der Waals surface area contributed by atoms with Gasteiger partial charge in [-0.05, 0) is 61.1 Å². The molecule has 4 rings (SSSR count). The Labute approximate surface area is 450 Å². The number of hydrogen-bond donors (Lipinski definition) is 4. The Hall–Kier alpha value is -4.63. The molecule has 1 amide bonds. The number of guanidine groups is 1. The van der Waals surface area contributed by atoms with Crippen LogP contribution in [-0.4, -0.2) is 224 Å². The van der Waals surface area contributed by atoms with Gasteiger partial charge in [0.1, 0.15) is 5.84 Å². The topological polar surface area (TPSA) is 262 Å². The van der Waals surface area contributed by atoms with Gasteiger partial charge in [-0.3, -0.25) is 14.6 Å². The Bertz CT molecular complexity index is 2150. The number of hydrogen-bond acceptors (Lipinski definition) is 17. The number of fused-ring (bicyclic) bond motifs is 1. The highest BCUT2D eigenvalue weighted by Crippen LogP contribution is 2.33. The molecule has 0 aliphatic carbocycles. The fraction of sp³-hybridized carbons (Fsp3) is 0.660. The molecule has 2 aromatic carbocycles. The molecule has 1 fully saturated rings. The van der Waals surface area contributed by atoms with E-state index in [0.717, 1.165) is 29.5 Å². The molecule has 23 heteroatoms. The molecule has 22 nitrogen and oxygen atoms in total. The number of sulfonamides is 1. The van der Waals surface area contributed by atoms with E-state index in [1.165, 1.54) is 0 Å². The van der Waals surface area contributed by atoms with E-state index in [1.807, 2.05) is 35.2 Å². The van der Waals surface area contributed by atoms with Gasteiger partial charge in [-0.1, -0.05) is 38.1 Å². The van der Waals surface area contributed by atoms with Crippen LogP contribution in [0, 0.1) is 0 Å². The molecule has 2 aliphatic rings. The monoisotopic (exact) mass is 1090 g/mol. The van der Waals surface area contributed by atoms with E-state index in [2.05, 4.69) is 34.5 Å². The molecule has 1 saturated heterocycles. The summed E-state index contributed by atoms with van der Waals surface area (Å²) in [5.74, 6) is 0.0750. The lowest BCUT2D eigenvalue weighted by Crippen LogP contribution is -2.50. The Kier molecular flexibility index (Phi) is 32.7. The highest BCUT2D eigenvalue weighted by Gasteiger charge is 2.30. The highest BCUT2D eigenvalue weighted by atomic mass is 32.2. The van der Waals surface area contributed by atoms with Crippen LogP contribution in [0.15, 0.2) is 62.9 Å². The molecule has 2 aliphatic heterocycles. The molecule has 0 atom stereocenters. The maximum absolute atomic E-state index is 13.9. The van der Waals surface area contributed by atoms with E-state index in [9.17, 15) is 18.0 Å². The van der Waals surface area contributed by atoms with Crippen molar-refractivity contribution >= 4 is 45.5 Å². The number of nitrogens with two attached hydrogens (primary N) is 1. The van der Waals surface area contributed by atoms with E-state index < -0.39 is 16.0 Å². The lowest BCUT2D eigenvalue weighted by Gasteiger charge is -2.32. The van der Waals surface area contributed by atoms with Gasteiger partial charge in [-0.25, -0.2) is 13.4 Å². The number of nitrogens with zero attached hydrogens (tertiary/aromatic N) is 4. The minimum Gasteiger partial charge on any atom is -0.481 e. The van der Waals surface area contributed by atoms with Gasteiger partial charge in [0.25, 0.3) is 0 Å². The third-order valence-electron chi connectivity index (χ3n) is 11.7. The van der Waals surface area contributed by atoms with Gasteiger partial charge in [0.15, 0.2) is 5.96 Å². The molecule has 76 heavy (non-hydrogen) atoms. The number of carboxylic acid groups (broad SMARTS) is 1. The number of aliphatic imine (C=N–C) groups is 2. The van der Waals surface area contributed by atoms with E-state index in [-0.39, 0.29) is 36.3 Å². The number of aliphatic carboxylic acids is 1. The first-order valence-corrected chi connectivity index (χ1v) is 28.0. The van der Waals surface area contributed by atoms with Crippen LogP contribution in [0.25, 0.3) is 17.2 Å². The lowest BCUT2D eigenvalue weighted by molar-refractivity contribution is -0.138. The average Bonchev–Trinajstić information content (AvgIpc) is 3.60. The molecule has 5 N–H and O–H groups in total. The molecule has 428 valence electrons. The zero-order valence-electron chi connectivity index (χ0n) is 45.1. The number of carboxylic acids is 1. The summed E-state index contributed by atoms with van der Waals surface area (Å²) < 4.78 is 84.1. The summed E-state index contributed by atoms with van der Waals surface area (Å²) in [6.45, 7) is 15.4. The molecular weight excluding hydrogens is 1010 g/mol. The van der Waals surface area contributed by atoms with Crippen molar-refractivity contribution in [2.24, 2.45) is 15.7 Å². The van der Waals surface area contributed by atoms with Crippen LogP contribution in [0.4, 0.5) is 5.69 Å². The van der Waals surface area contributed by atoms with Crippen LogP contribution in [0.1, 0.15) is 57.9 Å². The summed E-state index contributed by atoms with van der Waals surface area (Å²) in [4.78, 5) is 34.9. The second-order valence-electron chi connectivity index (χ2n) is 17.6. The fourth-order valence-electron chi connectivity index (χ4n) is 7.86. The van der Waals surface area contributed by atoms with Crippen molar-refractivity contribution in [2.45, 2.75) is 63.3 Å². The van der Waals surface area contributed by atoms with Gasteiger partial charge in [-0.2, -0.15) is 4.31 Å². The predicted octanol–water partition coefficient (Wildman–Crippen LogP) is 3.74. The number of benzene rings is 2. The van der Waals surface area contributed by atoms with Crippen LogP contribution >= 0.6 is 0 Å². The average molecular weight is 1090 g/mol. The smallest absolute Gasteiger partial charge is 0.305 e. The number of amidine groups is 1. The number of amides is 1. The number of carbonyl (C=O) groups excluding carboxylic acids is 1. The van der Waals surface area contributed by atoms with E-state index in [1.54, 1.807) is 29.6 Å². The number of ether oxygens (including phenoxy) is 10. The number of piperidine rings is 1. The van der Waals surface area contributed by atoms with Crippen molar-refractivity contribution in [1.29, 1.82) is 0 Å². The molecule has 2 aromatic rings. The second kappa shape index (κ2) is 38.8. The molecule has 0 bridgehead atoms. The molecule has 0 radical (unpaired) electrons. The molecule has 2 heterocycles. The maximum Gasteiger partial charge on any atom is 0.305 e. The van der Waals surface area contributed by atoms with Gasteiger partial charge >= 0.3 is 5.97 Å². The summed E-state index contributed by atoms with van der Waals surface area (Å²) in [5.41, 5.74) is 9.90. The van der Waals surface area contributed by atoms with Crippen molar-refractivity contribution in [3.05, 3.63) is 53.6 Å². The largest absolute Gasteiger partial charge is 0.481 e. The standard InChI is InChI=1S/C53H85N7O15S/c1-4-15-59(16-5-2)52(63)46-39-45-10-9-44(41-49(45)58-50(54)42-46)43-7-6-8-48(40-43)76(64,65)60-17-11-47(12-18-60)57-53(55-3)56-14-20-67-22-24-69-26-28-71-30-32-73-34-36-75-38-37-74-35-33-72-31-29-70-27-25-68-23-21-66-19-13-51(61)62/h6-10,39-41,47H,4-5,11-38,42H2,1-3H3,(H2,54,58)(H,61,62)(H2,55,56,57). The van der Waals surface area contributed by atoms with Crippen LogP contribution in [0.3, 0.4) is 0 Å². The van der Waals surface area contributed by atoms with Gasteiger partial charge < -0.3 is 73.7 Å². The minimum atomic E-state index is -3.76.